The van der Waals surface area contributed by atoms with Gasteiger partial charge in [0.1, 0.15) is 0 Å². The summed E-state index contributed by atoms with van der Waals surface area (Å²) in [5, 5.41) is 0. The van der Waals surface area contributed by atoms with Gasteiger partial charge in [-0.15, -0.1) is 0 Å². The van der Waals surface area contributed by atoms with Gasteiger partial charge in [0.2, 0.25) is 0 Å². The first-order valence-electron chi connectivity index (χ1n) is 18.4. The monoisotopic (exact) mass is 955 g/mol. The van der Waals surface area contributed by atoms with Gasteiger partial charge in [-0.05, 0) is 197 Å². The Morgan fingerprint density at radius 3 is 0.410 bits per heavy atom. The maximum absolute atomic E-state index is 4.29. The number of aromatic nitrogens is 8. The van der Waals surface area contributed by atoms with Crippen molar-refractivity contribution in [1.82, 2.24) is 39.9 Å². The summed E-state index contributed by atoms with van der Waals surface area (Å²) in [5.41, 5.74) is 17.2. The van der Waals surface area contributed by atoms with Crippen molar-refractivity contribution >= 4 is 0 Å². The first kappa shape index (κ1) is 55.8. The Morgan fingerprint density at radius 2 is 0.328 bits per heavy atom. The number of rotatable bonds is 4. The van der Waals surface area contributed by atoms with E-state index in [1.54, 1.807) is 0 Å². The van der Waals surface area contributed by atoms with E-state index in [9.17, 15) is 0 Å². The molecule has 8 rings (SSSR count). The van der Waals surface area contributed by atoms with Crippen LogP contribution >= 0.6 is 0 Å². The first-order chi connectivity index (χ1) is 27.0. The van der Waals surface area contributed by atoms with E-state index in [4.69, 9.17) is 0 Å². The smallest absolute Gasteiger partial charge is 0.358 e. The Balaban J connectivity index is 0.000000766. The number of aryl methyl sites for hydroxylation is 8. The van der Waals surface area contributed by atoms with Crippen molar-refractivity contribution in [3.05, 3.63) is 206 Å². The minimum absolute atomic E-state index is 0. The second-order valence-electron chi connectivity index (χ2n) is 13.7. The second kappa shape index (κ2) is 28.3. The summed E-state index contributed by atoms with van der Waals surface area (Å²) < 4.78 is 0. The van der Waals surface area contributed by atoms with Crippen molar-refractivity contribution in [2.24, 2.45) is 0 Å². The summed E-state index contributed by atoms with van der Waals surface area (Å²) in [4.78, 5) is 34.3. The van der Waals surface area contributed by atoms with Gasteiger partial charge in [0.25, 0.3) is 0 Å². The van der Waals surface area contributed by atoms with Crippen molar-refractivity contribution in [3.63, 3.8) is 0 Å². The van der Waals surface area contributed by atoms with Crippen molar-refractivity contribution in [1.29, 1.82) is 0 Å². The third-order valence-corrected chi connectivity index (χ3v) is 8.37. The predicted octanol–water partition coefficient (Wildman–Crippen LogP) is 11.9. The average Bonchev–Trinajstić information content (AvgIpc) is 3.19. The van der Waals surface area contributed by atoms with Crippen molar-refractivity contribution in [2.75, 3.05) is 0 Å². The average molecular weight is 958 g/mol. The fourth-order valence-corrected chi connectivity index (χ4v) is 5.41. The van der Waals surface area contributed by atoms with Crippen LogP contribution in [0, 0.1) is 70.2 Å². The zero-order chi connectivity index (χ0) is 39.9. The summed E-state index contributed by atoms with van der Waals surface area (Å²) in [5.74, 6) is 0. The Hall–Kier alpha value is -5.24. The standard InChI is InChI=1S/4C12H12N2.2CH3.3Cu/c4*1-9-3-5-13-11(7-9)12-8-10(2)4-6-14-12;;;;;/h4*3-8H,1-2H3;2*1H3;;;/q;;;;2*-1;;;+2. The number of hydrogen-bond acceptors (Lipinski definition) is 8. The minimum Gasteiger partial charge on any atom is -0.358 e. The third-order valence-electron chi connectivity index (χ3n) is 8.37. The molecular formula is C50H54Cu3N8. The minimum atomic E-state index is 0. The van der Waals surface area contributed by atoms with Crippen LogP contribution in [0.2, 0.25) is 0 Å². The summed E-state index contributed by atoms with van der Waals surface area (Å²) >= 11 is 0. The molecule has 8 nitrogen and oxygen atoms in total. The topological polar surface area (TPSA) is 103 Å². The molecule has 0 unspecified atom stereocenters. The SMILES string of the molecule is Cc1ccnc(-c2cc(C)ccn2)c1.Cc1ccnc(-c2cc(C)ccn2)c1.Cc1ccnc(-c2cc(C)ccn2)c1.Cc1ccnc(-c2cc(C)ccn2)c1.[CH3-].[CH3-].[Cu+2].[Cu].[Cu]. The van der Waals surface area contributed by atoms with E-state index < -0.39 is 0 Å². The molecule has 0 aliphatic heterocycles. The van der Waals surface area contributed by atoms with E-state index in [0.29, 0.717) is 0 Å². The molecule has 0 saturated heterocycles. The molecule has 0 saturated carbocycles. The van der Waals surface area contributed by atoms with Crippen LogP contribution in [0.25, 0.3) is 45.6 Å². The summed E-state index contributed by atoms with van der Waals surface area (Å²) in [6.45, 7) is 16.5. The van der Waals surface area contributed by atoms with Crippen LogP contribution in [-0.4, -0.2) is 39.9 Å². The molecule has 0 aliphatic carbocycles. The van der Waals surface area contributed by atoms with E-state index in [-0.39, 0.29) is 66.1 Å². The maximum Gasteiger partial charge on any atom is 2.00 e. The molecule has 8 heterocycles. The first-order valence-corrected chi connectivity index (χ1v) is 18.4. The van der Waals surface area contributed by atoms with E-state index >= 15 is 0 Å². The summed E-state index contributed by atoms with van der Waals surface area (Å²) in [6.07, 6.45) is 14.5. The largest absolute Gasteiger partial charge is 2.00 e. The molecule has 0 atom stereocenters. The maximum atomic E-state index is 4.29. The predicted molar refractivity (Wildman–Crippen MR) is 241 cm³/mol. The van der Waals surface area contributed by atoms with Crippen LogP contribution in [0.4, 0.5) is 0 Å². The number of nitrogens with zero attached hydrogens (tertiary/aromatic N) is 8. The van der Waals surface area contributed by atoms with Crippen molar-refractivity contribution in [2.45, 2.75) is 55.4 Å². The van der Waals surface area contributed by atoms with E-state index in [0.717, 1.165) is 45.6 Å². The fraction of sp³-hybridized carbons (Fsp3) is 0.160. The van der Waals surface area contributed by atoms with Crippen molar-refractivity contribution in [3.8, 4) is 45.6 Å². The van der Waals surface area contributed by atoms with Gasteiger partial charge in [0, 0.05) is 83.7 Å². The van der Waals surface area contributed by atoms with Gasteiger partial charge in [0.15, 0.2) is 0 Å². The Bertz CT molecular complexity index is 1990. The van der Waals surface area contributed by atoms with Gasteiger partial charge < -0.3 is 14.9 Å². The molecule has 327 valence electrons. The third kappa shape index (κ3) is 18.5. The molecule has 0 amide bonds. The van der Waals surface area contributed by atoms with Crippen molar-refractivity contribution < 1.29 is 51.2 Å². The Labute approximate surface area is 395 Å². The van der Waals surface area contributed by atoms with Crippen LogP contribution in [0.5, 0.6) is 0 Å². The molecular weight excluding hydrogens is 903 g/mol. The molecule has 0 aromatic carbocycles. The molecule has 0 bridgehead atoms. The fourth-order valence-electron chi connectivity index (χ4n) is 5.41. The van der Waals surface area contributed by atoms with Crippen LogP contribution in [-0.2, 0) is 51.2 Å². The van der Waals surface area contributed by atoms with Gasteiger partial charge in [-0.25, -0.2) is 0 Å². The normalized spacial score (nSPS) is 9.31. The molecule has 0 N–H and O–H groups in total. The second-order valence-corrected chi connectivity index (χ2v) is 13.7. The molecule has 61 heavy (non-hydrogen) atoms. The molecule has 3 radical (unpaired) electrons. The molecule has 8 aromatic heterocycles. The van der Waals surface area contributed by atoms with E-state index in [1.165, 1.54) is 44.5 Å². The Kier molecular flexibility index (Phi) is 25.9. The zero-order valence-electron chi connectivity index (χ0n) is 36.3. The van der Waals surface area contributed by atoms with E-state index in [2.05, 4.69) is 95.3 Å². The summed E-state index contributed by atoms with van der Waals surface area (Å²) in [6, 6.07) is 32.2. The molecule has 0 fully saturated rings. The Morgan fingerprint density at radius 1 is 0.230 bits per heavy atom. The van der Waals surface area contributed by atoms with Gasteiger partial charge in [-0.2, -0.15) is 0 Å². The number of pyridine rings is 8. The molecule has 0 spiro atoms. The van der Waals surface area contributed by atoms with Crippen LogP contribution in [0.3, 0.4) is 0 Å². The molecule has 11 heteroatoms. The molecule has 8 aromatic rings. The van der Waals surface area contributed by atoms with Gasteiger partial charge in [-0.3, -0.25) is 39.9 Å². The zero-order valence-corrected chi connectivity index (χ0v) is 39.2. The summed E-state index contributed by atoms with van der Waals surface area (Å²) in [7, 11) is 0. The van der Waals surface area contributed by atoms with Crippen LogP contribution in [0.15, 0.2) is 147 Å². The van der Waals surface area contributed by atoms with Gasteiger partial charge in [-0.1, -0.05) is 0 Å². The van der Waals surface area contributed by atoms with Gasteiger partial charge >= 0.3 is 17.1 Å². The van der Waals surface area contributed by atoms with E-state index in [1.807, 2.05) is 147 Å². The molecule has 0 aliphatic rings. The van der Waals surface area contributed by atoms with Crippen LogP contribution < -0.4 is 0 Å². The van der Waals surface area contributed by atoms with Crippen LogP contribution in [0.1, 0.15) is 44.5 Å². The van der Waals surface area contributed by atoms with Gasteiger partial charge in [0.05, 0.1) is 45.6 Å². The number of hydrogen-bond donors (Lipinski definition) is 0. The quantitative estimate of drug-likeness (QED) is 0.127.